The van der Waals surface area contributed by atoms with Crippen LogP contribution in [0.15, 0.2) is 4.99 Å². The molecule has 0 amide bonds. The van der Waals surface area contributed by atoms with Crippen molar-refractivity contribution in [2.45, 2.75) is 32.6 Å². The zero-order valence-corrected chi connectivity index (χ0v) is 8.55. The van der Waals surface area contributed by atoms with E-state index in [1.165, 1.54) is 6.42 Å². The van der Waals surface area contributed by atoms with Gasteiger partial charge in [0.05, 0.1) is 5.84 Å². The summed E-state index contributed by atoms with van der Waals surface area (Å²) in [5, 5.41) is 3.33. The summed E-state index contributed by atoms with van der Waals surface area (Å²) < 4.78 is 0. The number of hydrogen-bond donors (Lipinski definition) is 2. The smallest absolute Gasteiger partial charge is 0.0969 e. The van der Waals surface area contributed by atoms with Gasteiger partial charge < -0.3 is 11.1 Å². The van der Waals surface area contributed by atoms with Gasteiger partial charge in [-0.1, -0.05) is 13.3 Å². The molecule has 1 aliphatic heterocycles. The average molecular weight is 183 g/mol. The maximum atomic E-state index is 5.91. The minimum absolute atomic E-state index is 0.540. The highest BCUT2D eigenvalue weighted by atomic mass is 14.9. The van der Waals surface area contributed by atoms with Gasteiger partial charge in [0, 0.05) is 12.5 Å². The quantitative estimate of drug-likeness (QED) is 0.390. The highest BCUT2D eigenvalue weighted by Gasteiger charge is 2.15. The summed E-state index contributed by atoms with van der Waals surface area (Å²) in [6.07, 6.45) is 4.66. The number of nitrogens with one attached hydrogen (secondary N) is 1. The number of nitrogens with two attached hydrogens (primary N) is 1. The van der Waals surface area contributed by atoms with Crippen LogP contribution >= 0.6 is 0 Å². The molecule has 0 radical (unpaired) electrons. The van der Waals surface area contributed by atoms with Crippen LogP contribution in [-0.2, 0) is 0 Å². The number of rotatable bonds is 4. The summed E-state index contributed by atoms with van der Waals surface area (Å²) in [4.78, 5) is 4.40. The molecular formula is C10H21N3. The summed E-state index contributed by atoms with van der Waals surface area (Å²) in [6, 6.07) is 0. The first-order valence-corrected chi connectivity index (χ1v) is 5.35. The molecular weight excluding hydrogens is 162 g/mol. The van der Waals surface area contributed by atoms with Crippen LogP contribution in [0.1, 0.15) is 32.6 Å². The summed E-state index contributed by atoms with van der Waals surface area (Å²) in [7, 11) is 0. The molecule has 13 heavy (non-hydrogen) atoms. The maximum absolute atomic E-state index is 5.91. The average Bonchev–Trinajstić information content (AvgIpc) is 2.19. The van der Waals surface area contributed by atoms with Gasteiger partial charge in [0.2, 0.25) is 0 Å². The fourth-order valence-electron chi connectivity index (χ4n) is 1.61. The van der Waals surface area contributed by atoms with Crippen LogP contribution in [0.4, 0.5) is 0 Å². The van der Waals surface area contributed by atoms with E-state index in [9.17, 15) is 0 Å². The Hall–Kier alpha value is -0.570. The molecule has 3 N–H and O–H groups in total. The highest BCUT2D eigenvalue weighted by molar-refractivity contribution is 5.82. The molecule has 76 valence electrons. The predicted molar refractivity (Wildman–Crippen MR) is 57.0 cm³/mol. The number of unbranched alkanes of at least 4 members (excludes halogenated alkanes) is 1. The van der Waals surface area contributed by atoms with Crippen molar-refractivity contribution < 1.29 is 0 Å². The third-order valence-electron chi connectivity index (χ3n) is 2.56. The Labute approximate surface area is 80.8 Å². The second-order valence-corrected chi connectivity index (χ2v) is 3.68. The van der Waals surface area contributed by atoms with E-state index >= 15 is 0 Å². The topological polar surface area (TPSA) is 50.4 Å². The molecule has 0 atom stereocenters. The van der Waals surface area contributed by atoms with Crippen LogP contribution in [0.5, 0.6) is 0 Å². The molecule has 3 nitrogen and oxygen atoms in total. The third kappa shape index (κ3) is 3.77. The number of amidine groups is 1. The lowest BCUT2D eigenvalue weighted by molar-refractivity contribution is 0.453. The first-order chi connectivity index (χ1) is 6.34. The van der Waals surface area contributed by atoms with E-state index in [0.717, 1.165) is 44.7 Å². The van der Waals surface area contributed by atoms with Crippen LogP contribution in [0.25, 0.3) is 0 Å². The van der Waals surface area contributed by atoms with Crippen molar-refractivity contribution in [3.63, 3.8) is 0 Å². The van der Waals surface area contributed by atoms with Crippen molar-refractivity contribution in [3.8, 4) is 0 Å². The highest BCUT2D eigenvalue weighted by Crippen LogP contribution is 2.11. The monoisotopic (exact) mass is 183 g/mol. The normalized spacial score (nSPS) is 20.5. The molecule has 1 fully saturated rings. The molecule has 0 aliphatic carbocycles. The Balaban J connectivity index is 2.27. The number of piperidine rings is 1. The molecule has 1 heterocycles. The fourth-order valence-corrected chi connectivity index (χ4v) is 1.61. The van der Waals surface area contributed by atoms with Crippen LogP contribution in [0.3, 0.4) is 0 Å². The van der Waals surface area contributed by atoms with Crippen LogP contribution in [-0.4, -0.2) is 25.5 Å². The largest absolute Gasteiger partial charge is 0.387 e. The van der Waals surface area contributed by atoms with Crippen molar-refractivity contribution in [2.75, 3.05) is 19.6 Å². The van der Waals surface area contributed by atoms with Gasteiger partial charge in [0.25, 0.3) is 0 Å². The van der Waals surface area contributed by atoms with Crippen LogP contribution in [0.2, 0.25) is 0 Å². The first kappa shape index (κ1) is 10.5. The summed E-state index contributed by atoms with van der Waals surface area (Å²) in [6.45, 7) is 5.27. The van der Waals surface area contributed by atoms with E-state index in [1.54, 1.807) is 0 Å². The number of nitrogens with zero attached hydrogens (tertiary/aromatic N) is 1. The van der Waals surface area contributed by atoms with Gasteiger partial charge in [-0.3, -0.25) is 4.99 Å². The van der Waals surface area contributed by atoms with E-state index in [4.69, 9.17) is 5.73 Å². The van der Waals surface area contributed by atoms with E-state index in [0.29, 0.717) is 5.92 Å². The fraction of sp³-hybridized carbons (Fsp3) is 0.900. The lowest BCUT2D eigenvalue weighted by Crippen LogP contribution is -2.35. The van der Waals surface area contributed by atoms with Gasteiger partial charge in [0.1, 0.15) is 0 Å². The number of hydrogen-bond acceptors (Lipinski definition) is 2. The lowest BCUT2D eigenvalue weighted by atomic mass is 9.97. The van der Waals surface area contributed by atoms with Crippen molar-refractivity contribution in [3.05, 3.63) is 0 Å². The first-order valence-electron chi connectivity index (χ1n) is 5.35. The molecule has 0 aromatic heterocycles. The molecule has 0 aromatic carbocycles. The maximum Gasteiger partial charge on any atom is 0.0969 e. The van der Waals surface area contributed by atoms with Gasteiger partial charge in [0.15, 0.2) is 0 Å². The molecule has 0 aromatic rings. The molecule has 0 bridgehead atoms. The molecule has 3 heteroatoms. The van der Waals surface area contributed by atoms with Crippen LogP contribution in [0, 0.1) is 5.92 Å². The Bertz CT molecular complexity index is 160. The zero-order chi connectivity index (χ0) is 9.52. The van der Waals surface area contributed by atoms with E-state index in [1.807, 2.05) is 0 Å². The van der Waals surface area contributed by atoms with Crippen molar-refractivity contribution in [1.82, 2.24) is 5.32 Å². The molecule has 1 aliphatic rings. The van der Waals surface area contributed by atoms with Crippen LogP contribution < -0.4 is 11.1 Å². The standard InChI is InChI=1S/C10H21N3/c1-2-3-6-13-10(11)9-4-7-12-8-5-9/h9,12H,2-8H2,1H3,(H2,11,13). The van der Waals surface area contributed by atoms with E-state index in [2.05, 4.69) is 17.2 Å². The second kappa shape index (κ2) is 5.97. The van der Waals surface area contributed by atoms with Crippen molar-refractivity contribution >= 4 is 5.84 Å². The molecule has 0 spiro atoms. The van der Waals surface area contributed by atoms with E-state index in [-0.39, 0.29) is 0 Å². The Morgan fingerprint density at radius 1 is 1.46 bits per heavy atom. The number of aliphatic imine (C=N–C) groups is 1. The minimum Gasteiger partial charge on any atom is -0.387 e. The molecule has 0 unspecified atom stereocenters. The van der Waals surface area contributed by atoms with Gasteiger partial charge in [-0.15, -0.1) is 0 Å². The van der Waals surface area contributed by atoms with Gasteiger partial charge >= 0.3 is 0 Å². The van der Waals surface area contributed by atoms with E-state index < -0.39 is 0 Å². The Morgan fingerprint density at radius 2 is 2.15 bits per heavy atom. The SMILES string of the molecule is CCCCN=C(N)C1CCNCC1. The summed E-state index contributed by atoms with van der Waals surface area (Å²) in [5.74, 6) is 1.42. The summed E-state index contributed by atoms with van der Waals surface area (Å²) >= 11 is 0. The van der Waals surface area contributed by atoms with Crippen molar-refractivity contribution in [2.24, 2.45) is 16.6 Å². The Kier molecular flexibility index (Phi) is 4.83. The second-order valence-electron chi connectivity index (χ2n) is 3.68. The lowest BCUT2D eigenvalue weighted by Gasteiger charge is -2.21. The zero-order valence-electron chi connectivity index (χ0n) is 8.55. The molecule has 1 saturated heterocycles. The Morgan fingerprint density at radius 3 is 2.77 bits per heavy atom. The molecule has 0 saturated carbocycles. The summed E-state index contributed by atoms with van der Waals surface area (Å²) in [5.41, 5.74) is 5.91. The van der Waals surface area contributed by atoms with Gasteiger partial charge in [-0.05, 0) is 32.4 Å². The van der Waals surface area contributed by atoms with Gasteiger partial charge in [-0.25, -0.2) is 0 Å². The van der Waals surface area contributed by atoms with Crippen molar-refractivity contribution in [1.29, 1.82) is 0 Å². The molecule has 1 rings (SSSR count). The minimum atomic E-state index is 0.540. The van der Waals surface area contributed by atoms with Gasteiger partial charge in [-0.2, -0.15) is 0 Å². The third-order valence-corrected chi connectivity index (χ3v) is 2.56. The predicted octanol–water partition coefficient (Wildman–Crippen LogP) is 1.14.